The molecular weight excluding hydrogens is 239 g/mol. The summed E-state index contributed by atoms with van der Waals surface area (Å²) in [5.41, 5.74) is 1.20. The molecule has 0 radical (unpaired) electrons. The summed E-state index contributed by atoms with van der Waals surface area (Å²) in [6.07, 6.45) is 6.25. The monoisotopic (exact) mass is 264 g/mol. The van der Waals surface area contributed by atoms with Crippen molar-refractivity contribution in [2.75, 3.05) is 20.1 Å². The molecule has 1 saturated carbocycles. The molecule has 0 aliphatic heterocycles. The molecule has 1 aromatic rings. The van der Waals surface area contributed by atoms with Crippen LogP contribution in [0.2, 0.25) is 0 Å². The van der Waals surface area contributed by atoms with Gasteiger partial charge in [-0.25, -0.2) is 4.39 Å². The molecule has 2 rings (SSSR count). The Morgan fingerprint density at radius 2 is 1.79 bits per heavy atom. The van der Waals surface area contributed by atoms with Gasteiger partial charge in [0.05, 0.1) is 0 Å². The van der Waals surface area contributed by atoms with E-state index in [2.05, 4.69) is 17.7 Å². The minimum Gasteiger partial charge on any atom is -0.317 e. The van der Waals surface area contributed by atoms with Crippen LogP contribution in [0.4, 0.5) is 4.39 Å². The summed E-state index contributed by atoms with van der Waals surface area (Å²) < 4.78 is 12.8. The van der Waals surface area contributed by atoms with E-state index < -0.39 is 0 Å². The summed E-state index contributed by atoms with van der Waals surface area (Å²) in [5, 5.41) is 6.90. The third-order valence-corrected chi connectivity index (χ3v) is 4.19. The van der Waals surface area contributed by atoms with Crippen molar-refractivity contribution < 1.29 is 4.39 Å². The van der Waals surface area contributed by atoms with Crippen LogP contribution in [0, 0.1) is 11.7 Å². The molecule has 1 fully saturated rings. The summed E-state index contributed by atoms with van der Waals surface area (Å²) in [7, 11) is 2.06. The van der Waals surface area contributed by atoms with Crippen molar-refractivity contribution in [3.8, 4) is 0 Å². The largest absolute Gasteiger partial charge is 0.317 e. The topological polar surface area (TPSA) is 24.1 Å². The zero-order valence-electron chi connectivity index (χ0n) is 11.8. The Hall–Kier alpha value is -0.930. The van der Waals surface area contributed by atoms with Gasteiger partial charge in [-0.15, -0.1) is 0 Å². The van der Waals surface area contributed by atoms with Gasteiger partial charge in [0.2, 0.25) is 0 Å². The third kappa shape index (κ3) is 4.92. The highest BCUT2D eigenvalue weighted by Gasteiger charge is 2.19. The van der Waals surface area contributed by atoms with Gasteiger partial charge in [0.1, 0.15) is 5.82 Å². The van der Waals surface area contributed by atoms with Crippen molar-refractivity contribution in [2.45, 2.75) is 38.1 Å². The Balaban J connectivity index is 1.58. The number of hydrogen-bond acceptors (Lipinski definition) is 2. The lowest BCUT2D eigenvalue weighted by Gasteiger charge is -2.28. The molecule has 0 atom stereocenters. The molecule has 3 heteroatoms. The molecule has 0 aromatic heterocycles. The van der Waals surface area contributed by atoms with Crippen LogP contribution < -0.4 is 10.6 Å². The molecule has 0 unspecified atom stereocenters. The molecule has 0 saturated heterocycles. The number of nitrogens with one attached hydrogen (secondary N) is 2. The van der Waals surface area contributed by atoms with E-state index in [-0.39, 0.29) is 5.82 Å². The molecule has 1 aliphatic rings. The van der Waals surface area contributed by atoms with Crippen molar-refractivity contribution >= 4 is 0 Å². The number of halogens is 1. The molecule has 19 heavy (non-hydrogen) atoms. The van der Waals surface area contributed by atoms with Crippen LogP contribution in [0.25, 0.3) is 0 Å². The van der Waals surface area contributed by atoms with Crippen LogP contribution in [-0.4, -0.2) is 26.2 Å². The number of rotatable bonds is 6. The average Bonchev–Trinajstić information content (AvgIpc) is 2.46. The highest BCUT2D eigenvalue weighted by atomic mass is 19.1. The molecule has 0 amide bonds. The maximum Gasteiger partial charge on any atom is 0.123 e. The summed E-state index contributed by atoms with van der Waals surface area (Å²) in [4.78, 5) is 0. The molecule has 2 nitrogen and oxygen atoms in total. The fourth-order valence-corrected chi connectivity index (χ4v) is 2.85. The summed E-state index contributed by atoms with van der Waals surface area (Å²) in [6.45, 7) is 2.11. The Labute approximate surface area is 115 Å². The second-order valence-electron chi connectivity index (χ2n) is 5.59. The van der Waals surface area contributed by atoms with Crippen molar-refractivity contribution in [2.24, 2.45) is 5.92 Å². The van der Waals surface area contributed by atoms with E-state index in [1.807, 2.05) is 12.1 Å². The van der Waals surface area contributed by atoms with Gasteiger partial charge < -0.3 is 10.6 Å². The molecule has 2 N–H and O–H groups in total. The van der Waals surface area contributed by atoms with E-state index in [4.69, 9.17) is 0 Å². The van der Waals surface area contributed by atoms with E-state index >= 15 is 0 Å². The van der Waals surface area contributed by atoms with Gasteiger partial charge in [0.25, 0.3) is 0 Å². The highest BCUT2D eigenvalue weighted by Crippen LogP contribution is 2.23. The van der Waals surface area contributed by atoms with Gasteiger partial charge in [0.15, 0.2) is 0 Å². The van der Waals surface area contributed by atoms with E-state index in [0.717, 1.165) is 31.5 Å². The van der Waals surface area contributed by atoms with Crippen LogP contribution in [-0.2, 0) is 6.42 Å². The first kappa shape index (κ1) is 14.5. The van der Waals surface area contributed by atoms with Crippen LogP contribution in [0.5, 0.6) is 0 Å². The Morgan fingerprint density at radius 3 is 2.42 bits per heavy atom. The first-order valence-electron chi connectivity index (χ1n) is 7.40. The van der Waals surface area contributed by atoms with Crippen LogP contribution in [0.15, 0.2) is 24.3 Å². The van der Waals surface area contributed by atoms with Gasteiger partial charge in [0, 0.05) is 6.04 Å². The second kappa shape index (κ2) is 7.61. The fourth-order valence-electron chi connectivity index (χ4n) is 2.85. The second-order valence-corrected chi connectivity index (χ2v) is 5.59. The van der Waals surface area contributed by atoms with Gasteiger partial charge in [-0.05, 0) is 75.9 Å². The van der Waals surface area contributed by atoms with E-state index in [0.29, 0.717) is 0 Å². The van der Waals surface area contributed by atoms with E-state index in [1.165, 1.54) is 43.4 Å². The SMILES string of the molecule is CNC1CCC(CNCCc2ccc(F)cc2)CC1. The minimum absolute atomic E-state index is 0.155. The molecule has 0 bridgehead atoms. The molecule has 1 aliphatic carbocycles. The summed E-state index contributed by atoms with van der Waals surface area (Å²) >= 11 is 0. The summed E-state index contributed by atoms with van der Waals surface area (Å²) in [6, 6.07) is 7.54. The Morgan fingerprint density at radius 1 is 1.11 bits per heavy atom. The highest BCUT2D eigenvalue weighted by molar-refractivity contribution is 5.16. The minimum atomic E-state index is -0.155. The Bertz CT molecular complexity index is 356. The van der Waals surface area contributed by atoms with Gasteiger partial charge in [-0.1, -0.05) is 12.1 Å². The molecule has 0 spiro atoms. The summed E-state index contributed by atoms with van der Waals surface area (Å²) in [5.74, 6) is 0.677. The van der Waals surface area contributed by atoms with Gasteiger partial charge in [-0.3, -0.25) is 0 Å². The number of hydrogen-bond donors (Lipinski definition) is 2. The first-order chi connectivity index (χ1) is 9.28. The van der Waals surface area contributed by atoms with E-state index in [9.17, 15) is 4.39 Å². The lowest BCUT2D eigenvalue weighted by molar-refractivity contribution is 0.293. The third-order valence-electron chi connectivity index (χ3n) is 4.19. The lowest BCUT2D eigenvalue weighted by atomic mass is 9.86. The van der Waals surface area contributed by atoms with Gasteiger partial charge >= 0.3 is 0 Å². The van der Waals surface area contributed by atoms with Crippen molar-refractivity contribution in [3.63, 3.8) is 0 Å². The lowest BCUT2D eigenvalue weighted by Crippen LogP contribution is -2.34. The maximum atomic E-state index is 12.8. The van der Waals surface area contributed by atoms with E-state index in [1.54, 1.807) is 0 Å². The zero-order valence-corrected chi connectivity index (χ0v) is 11.8. The fraction of sp³-hybridized carbons (Fsp3) is 0.625. The van der Waals surface area contributed by atoms with Crippen molar-refractivity contribution in [3.05, 3.63) is 35.6 Å². The predicted molar refractivity (Wildman–Crippen MR) is 77.8 cm³/mol. The molecule has 106 valence electrons. The van der Waals surface area contributed by atoms with Gasteiger partial charge in [-0.2, -0.15) is 0 Å². The Kier molecular flexibility index (Phi) is 5.80. The molecule has 1 aromatic carbocycles. The van der Waals surface area contributed by atoms with Crippen molar-refractivity contribution in [1.82, 2.24) is 10.6 Å². The zero-order chi connectivity index (χ0) is 13.5. The normalized spacial score (nSPS) is 23.5. The first-order valence-corrected chi connectivity index (χ1v) is 7.40. The smallest absolute Gasteiger partial charge is 0.123 e. The maximum absolute atomic E-state index is 12.8. The van der Waals surface area contributed by atoms with Crippen molar-refractivity contribution in [1.29, 1.82) is 0 Å². The standard InChI is InChI=1S/C16H25FN2/c1-18-16-8-4-14(5-9-16)12-19-11-10-13-2-6-15(17)7-3-13/h2-3,6-7,14,16,18-19H,4-5,8-12H2,1H3. The average molecular weight is 264 g/mol. The predicted octanol–water partition coefficient (Wildman–Crippen LogP) is 2.74. The van der Waals surface area contributed by atoms with Crippen LogP contribution in [0.3, 0.4) is 0 Å². The quantitative estimate of drug-likeness (QED) is 0.772. The molecule has 0 heterocycles. The number of benzene rings is 1. The van der Waals surface area contributed by atoms with Crippen LogP contribution in [0.1, 0.15) is 31.2 Å². The van der Waals surface area contributed by atoms with Crippen LogP contribution >= 0.6 is 0 Å². The molecular formula is C16H25FN2.